The smallest absolute Gasteiger partial charge is 0.0504 e. The molecule has 0 spiro atoms. The molecule has 1 unspecified atom stereocenters. The van der Waals surface area contributed by atoms with Crippen molar-refractivity contribution in [1.29, 1.82) is 0 Å². The van der Waals surface area contributed by atoms with Crippen LogP contribution in [0.25, 0.3) is 11.1 Å². The van der Waals surface area contributed by atoms with Gasteiger partial charge in [0.2, 0.25) is 0 Å². The maximum atomic E-state index is 5.17. The molecule has 0 radical (unpaired) electrons. The zero-order chi connectivity index (χ0) is 13.5. The number of ether oxygens (including phenoxy) is 1. The number of anilines is 1. The third-order valence-corrected chi connectivity index (χ3v) is 3.10. The minimum atomic E-state index is 0.494. The number of hydrogen-bond acceptors (Lipinski definition) is 2. The van der Waals surface area contributed by atoms with Gasteiger partial charge in [0.25, 0.3) is 0 Å². The normalized spacial score (nSPS) is 12.1. The van der Waals surface area contributed by atoms with E-state index in [2.05, 4.69) is 60.8 Å². The highest BCUT2D eigenvalue weighted by Crippen LogP contribution is 2.27. The Bertz CT molecular complexity index is 496. The quantitative estimate of drug-likeness (QED) is 0.841. The lowest BCUT2D eigenvalue weighted by Gasteiger charge is -2.15. The van der Waals surface area contributed by atoms with Gasteiger partial charge in [-0.2, -0.15) is 0 Å². The predicted octanol–water partition coefficient (Wildman–Crippen LogP) is 4.05. The first-order chi connectivity index (χ1) is 9.31. The lowest BCUT2D eigenvalue weighted by atomic mass is 10.0. The monoisotopic (exact) mass is 255 g/mol. The summed E-state index contributed by atoms with van der Waals surface area (Å²) in [5, 5.41) is 3.52. The first kappa shape index (κ1) is 13.6. The van der Waals surface area contributed by atoms with Gasteiger partial charge in [-0.05, 0) is 17.5 Å². The first-order valence-corrected chi connectivity index (χ1v) is 6.68. The van der Waals surface area contributed by atoms with E-state index in [4.69, 9.17) is 4.74 Å². The molecule has 1 atom stereocenters. The van der Waals surface area contributed by atoms with Gasteiger partial charge in [-0.1, -0.05) is 55.5 Å². The number of nitrogens with one attached hydrogen (secondary N) is 1. The van der Waals surface area contributed by atoms with Gasteiger partial charge in [0.15, 0.2) is 0 Å². The standard InChI is InChI=1S/C17H21NO/c1-14(13-19-2)12-18-17-11-7-6-10-16(17)15-8-4-3-5-9-15/h3-11,14,18H,12-13H2,1-2H3. The molecule has 0 saturated carbocycles. The number of rotatable bonds is 6. The molecule has 0 aromatic heterocycles. The largest absolute Gasteiger partial charge is 0.384 e. The summed E-state index contributed by atoms with van der Waals surface area (Å²) >= 11 is 0. The fourth-order valence-electron chi connectivity index (χ4n) is 2.13. The van der Waals surface area contributed by atoms with E-state index in [9.17, 15) is 0 Å². The van der Waals surface area contributed by atoms with Crippen LogP contribution in [0.5, 0.6) is 0 Å². The summed E-state index contributed by atoms with van der Waals surface area (Å²) in [6.45, 7) is 3.87. The van der Waals surface area contributed by atoms with E-state index in [1.807, 2.05) is 6.07 Å². The van der Waals surface area contributed by atoms with Crippen molar-refractivity contribution in [2.24, 2.45) is 5.92 Å². The second-order valence-electron chi connectivity index (χ2n) is 4.85. The molecule has 0 saturated heterocycles. The van der Waals surface area contributed by atoms with Crippen LogP contribution in [0.1, 0.15) is 6.92 Å². The minimum Gasteiger partial charge on any atom is -0.384 e. The van der Waals surface area contributed by atoms with Gasteiger partial charge < -0.3 is 10.1 Å². The lowest BCUT2D eigenvalue weighted by Crippen LogP contribution is -2.16. The van der Waals surface area contributed by atoms with Crippen LogP contribution in [0, 0.1) is 5.92 Å². The van der Waals surface area contributed by atoms with E-state index in [-0.39, 0.29) is 0 Å². The second kappa shape index (κ2) is 6.95. The Balaban J connectivity index is 2.13. The average Bonchev–Trinajstić information content (AvgIpc) is 2.47. The molecule has 0 fully saturated rings. The van der Waals surface area contributed by atoms with E-state index in [1.165, 1.54) is 16.8 Å². The zero-order valence-corrected chi connectivity index (χ0v) is 11.6. The molecule has 2 aromatic carbocycles. The van der Waals surface area contributed by atoms with Crippen LogP contribution < -0.4 is 5.32 Å². The molecule has 0 aliphatic rings. The highest BCUT2D eigenvalue weighted by molar-refractivity contribution is 5.77. The maximum Gasteiger partial charge on any atom is 0.0504 e. The number of hydrogen-bond donors (Lipinski definition) is 1. The average molecular weight is 255 g/mol. The summed E-state index contributed by atoms with van der Waals surface area (Å²) in [4.78, 5) is 0. The van der Waals surface area contributed by atoms with E-state index in [0.29, 0.717) is 5.92 Å². The van der Waals surface area contributed by atoms with E-state index in [0.717, 1.165) is 13.2 Å². The molecular weight excluding hydrogens is 234 g/mol. The third-order valence-electron chi connectivity index (χ3n) is 3.10. The highest BCUT2D eigenvalue weighted by atomic mass is 16.5. The minimum absolute atomic E-state index is 0.494. The van der Waals surface area contributed by atoms with Crippen molar-refractivity contribution in [2.45, 2.75) is 6.92 Å². The van der Waals surface area contributed by atoms with Crippen molar-refractivity contribution in [3.63, 3.8) is 0 Å². The lowest BCUT2D eigenvalue weighted by molar-refractivity contribution is 0.164. The second-order valence-corrected chi connectivity index (χ2v) is 4.85. The van der Waals surface area contributed by atoms with Gasteiger partial charge in [0.05, 0.1) is 6.61 Å². The van der Waals surface area contributed by atoms with Crippen molar-refractivity contribution in [2.75, 3.05) is 25.6 Å². The molecule has 0 amide bonds. The maximum absolute atomic E-state index is 5.17. The van der Waals surface area contributed by atoms with Gasteiger partial charge in [-0.15, -0.1) is 0 Å². The Morgan fingerprint density at radius 3 is 2.42 bits per heavy atom. The molecule has 100 valence electrons. The van der Waals surface area contributed by atoms with Crippen molar-refractivity contribution in [3.8, 4) is 11.1 Å². The Hall–Kier alpha value is -1.80. The molecule has 2 nitrogen and oxygen atoms in total. The fourth-order valence-corrected chi connectivity index (χ4v) is 2.13. The topological polar surface area (TPSA) is 21.3 Å². The number of methoxy groups -OCH3 is 1. The molecule has 1 N–H and O–H groups in total. The molecule has 0 bridgehead atoms. The highest BCUT2D eigenvalue weighted by Gasteiger charge is 2.05. The van der Waals surface area contributed by atoms with E-state index < -0.39 is 0 Å². The third kappa shape index (κ3) is 3.83. The Labute approximate surface area is 115 Å². The van der Waals surface area contributed by atoms with Gasteiger partial charge in [-0.3, -0.25) is 0 Å². The summed E-state index contributed by atoms with van der Waals surface area (Å²) in [7, 11) is 1.74. The van der Waals surface area contributed by atoms with Crippen LogP contribution in [0.2, 0.25) is 0 Å². The Morgan fingerprint density at radius 1 is 1.00 bits per heavy atom. The van der Waals surface area contributed by atoms with Crippen LogP contribution >= 0.6 is 0 Å². The van der Waals surface area contributed by atoms with Crippen molar-refractivity contribution >= 4 is 5.69 Å². The number of benzene rings is 2. The summed E-state index contributed by atoms with van der Waals surface area (Å²) in [6, 6.07) is 18.9. The van der Waals surface area contributed by atoms with Crippen LogP contribution in [0.4, 0.5) is 5.69 Å². The number of para-hydroxylation sites is 1. The molecule has 0 aliphatic carbocycles. The zero-order valence-electron chi connectivity index (χ0n) is 11.6. The molecular formula is C17H21NO. The SMILES string of the molecule is COCC(C)CNc1ccccc1-c1ccccc1. The molecule has 2 rings (SSSR count). The van der Waals surface area contributed by atoms with E-state index in [1.54, 1.807) is 7.11 Å². The summed E-state index contributed by atoms with van der Waals surface area (Å²) in [5.74, 6) is 0.494. The summed E-state index contributed by atoms with van der Waals surface area (Å²) < 4.78 is 5.17. The van der Waals surface area contributed by atoms with Gasteiger partial charge in [0, 0.05) is 24.9 Å². The summed E-state index contributed by atoms with van der Waals surface area (Å²) in [5.41, 5.74) is 3.66. The van der Waals surface area contributed by atoms with Crippen molar-refractivity contribution in [3.05, 3.63) is 54.6 Å². The van der Waals surface area contributed by atoms with Crippen molar-refractivity contribution in [1.82, 2.24) is 0 Å². The van der Waals surface area contributed by atoms with Crippen LogP contribution in [-0.2, 0) is 4.74 Å². The fraction of sp³-hybridized carbons (Fsp3) is 0.294. The molecule has 2 heteroatoms. The van der Waals surface area contributed by atoms with Crippen LogP contribution in [0.15, 0.2) is 54.6 Å². The molecule has 0 aliphatic heterocycles. The van der Waals surface area contributed by atoms with E-state index >= 15 is 0 Å². The molecule has 2 aromatic rings. The predicted molar refractivity (Wildman–Crippen MR) is 81.4 cm³/mol. The van der Waals surface area contributed by atoms with Gasteiger partial charge >= 0.3 is 0 Å². The van der Waals surface area contributed by atoms with Gasteiger partial charge in [-0.25, -0.2) is 0 Å². The van der Waals surface area contributed by atoms with Gasteiger partial charge in [0.1, 0.15) is 0 Å². The molecule has 0 heterocycles. The Morgan fingerprint density at radius 2 is 1.68 bits per heavy atom. The van der Waals surface area contributed by atoms with Crippen LogP contribution in [0.3, 0.4) is 0 Å². The summed E-state index contributed by atoms with van der Waals surface area (Å²) in [6.07, 6.45) is 0. The first-order valence-electron chi connectivity index (χ1n) is 6.68. The Kier molecular flexibility index (Phi) is 4.99. The van der Waals surface area contributed by atoms with Crippen molar-refractivity contribution < 1.29 is 4.74 Å². The van der Waals surface area contributed by atoms with Crippen LogP contribution in [-0.4, -0.2) is 20.3 Å². The molecule has 19 heavy (non-hydrogen) atoms.